The summed E-state index contributed by atoms with van der Waals surface area (Å²) >= 11 is 0. The number of rotatable bonds is 2. The van der Waals surface area contributed by atoms with E-state index in [9.17, 15) is 8.78 Å². The highest BCUT2D eigenvalue weighted by Gasteiger charge is 2.52. The average molecular weight is 295 g/mol. The maximum absolute atomic E-state index is 12.9. The molecule has 2 heterocycles. The molecule has 1 saturated carbocycles. The van der Waals surface area contributed by atoms with E-state index in [1.54, 1.807) is 12.3 Å². The summed E-state index contributed by atoms with van der Waals surface area (Å²) in [7, 11) is -0.459. The fourth-order valence-corrected chi connectivity index (χ4v) is 2.65. The first-order valence-corrected chi connectivity index (χ1v) is 7.29. The molecule has 0 bridgehead atoms. The zero-order chi connectivity index (χ0) is 15.5. The van der Waals surface area contributed by atoms with Gasteiger partial charge in [0.05, 0.1) is 11.2 Å². The quantitative estimate of drug-likeness (QED) is 0.786. The van der Waals surface area contributed by atoms with Gasteiger partial charge < -0.3 is 9.31 Å². The van der Waals surface area contributed by atoms with Gasteiger partial charge in [0.15, 0.2) is 0 Å². The van der Waals surface area contributed by atoms with Gasteiger partial charge in [-0.1, -0.05) is 6.07 Å². The van der Waals surface area contributed by atoms with Crippen molar-refractivity contribution in [2.75, 3.05) is 0 Å². The first-order valence-electron chi connectivity index (χ1n) is 7.29. The van der Waals surface area contributed by atoms with Crippen LogP contribution in [0.5, 0.6) is 0 Å². The van der Waals surface area contributed by atoms with Crippen LogP contribution >= 0.6 is 0 Å². The first-order chi connectivity index (χ1) is 9.60. The summed E-state index contributed by atoms with van der Waals surface area (Å²) in [5.41, 5.74) is 0.753. The SMILES string of the molecule is CC1(C)OB(c2ccc(C3CC(F)(F)C3)nc2)OC1(C)C. The largest absolute Gasteiger partial charge is 0.496 e. The Morgan fingerprint density at radius 1 is 1.10 bits per heavy atom. The maximum Gasteiger partial charge on any atom is 0.496 e. The van der Waals surface area contributed by atoms with Crippen LogP contribution in [-0.4, -0.2) is 29.2 Å². The minimum Gasteiger partial charge on any atom is -0.399 e. The topological polar surface area (TPSA) is 31.4 Å². The minimum absolute atomic E-state index is 0.101. The molecule has 1 aromatic rings. The predicted molar refractivity (Wildman–Crippen MR) is 76.9 cm³/mol. The molecule has 6 heteroatoms. The molecule has 0 radical (unpaired) electrons. The zero-order valence-corrected chi connectivity index (χ0v) is 12.8. The van der Waals surface area contributed by atoms with Crippen LogP contribution in [0.25, 0.3) is 0 Å². The monoisotopic (exact) mass is 295 g/mol. The van der Waals surface area contributed by atoms with Gasteiger partial charge in [-0.2, -0.15) is 0 Å². The van der Waals surface area contributed by atoms with Gasteiger partial charge in [0.1, 0.15) is 0 Å². The van der Waals surface area contributed by atoms with Crippen LogP contribution in [0.1, 0.15) is 52.1 Å². The van der Waals surface area contributed by atoms with Gasteiger partial charge in [0, 0.05) is 36.1 Å². The molecule has 2 fully saturated rings. The molecule has 1 aliphatic heterocycles. The number of pyridine rings is 1. The molecule has 1 aromatic heterocycles. The Kier molecular flexibility index (Phi) is 3.19. The molecule has 1 saturated heterocycles. The van der Waals surface area contributed by atoms with Crippen LogP contribution in [0, 0.1) is 0 Å². The molecule has 3 rings (SSSR count). The second-order valence-corrected chi connectivity index (χ2v) is 7.07. The van der Waals surface area contributed by atoms with Gasteiger partial charge in [-0.15, -0.1) is 0 Å². The van der Waals surface area contributed by atoms with E-state index in [2.05, 4.69) is 4.98 Å². The number of alkyl halides is 2. The van der Waals surface area contributed by atoms with Crippen molar-refractivity contribution in [3.05, 3.63) is 24.0 Å². The molecule has 21 heavy (non-hydrogen) atoms. The highest BCUT2D eigenvalue weighted by atomic mass is 19.3. The molecule has 1 aliphatic carbocycles. The Morgan fingerprint density at radius 3 is 2.10 bits per heavy atom. The van der Waals surface area contributed by atoms with Crippen molar-refractivity contribution >= 4 is 12.6 Å². The first kappa shape index (κ1) is 14.9. The van der Waals surface area contributed by atoms with Crippen LogP contribution in [0.4, 0.5) is 8.78 Å². The lowest BCUT2D eigenvalue weighted by molar-refractivity contribution is -0.0876. The van der Waals surface area contributed by atoms with Gasteiger partial charge >= 0.3 is 7.12 Å². The smallest absolute Gasteiger partial charge is 0.399 e. The molecular formula is C15H20BF2NO2. The number of halogens is 2. The van der Waals surface area contributed by atoms with Crippen LogP contribution in [-0.2, 0) is 9.31 Å². The van der Waals surface area contributed by atoms with Gasteiger partial charge in [-0.05, 0) is 33.8 Å². The summed E-state index contributed by atoms with van der Waals surface area (Å²) in [5.74, 6) is -2.65. The summed E-state index contributed by atoms with van der Waals surface area (Å²) in [5, 5.41) is 0. The van der Waals surface area contributed by atoms with E-state index < -0.39 is 24.2 Å². The third-order valence-electron chi connectivity index (χ3n) is 4.84. The zero-order valence-electron chi connectivity index (χ0n) is 12.8. The molecule has 0 N–H and O–H groups in total. The Bertz CT molecular complexity index is 521. The molecular weight excluding hydrogens is 275 g/mol. The lowest BCUT2D eigenvalue weighted by atomic mass is 9.77. The van der Waals surface area contributed by atoms with E-state index >= 15 is 0 Å². The van der Waals surface area contributed by atoms with Crippen molar-refractivity contribution in [3.8, 4) is 0 Å². The molecule has 0 spiro atoms. The van der Waals surface area contributed by atoms with Crippen molar-refractivity contribution < 1.29 is 18.1 Å². The van der Waals surface area contributed by atoms with Gasteiger partial charge in [-0.25, -0.2) is 8.78 Å². The van der Waals surface area contributed by atoms with Crippen LogP contribution in [0.3, 0.4) is 0 Å². The summed E-state index contributed by atoms with van der Waals surface area (Å²) < 4.78 is 37.7. The third kappa shape index (κ3) is 2.59. The normalized spacial score (nSPS) is 26.7. The predicted octanol–water partition coefficient (Wildman–Crippen LogP) is 2.89. The summed E-state index contributed by atoms with van der Waals surface area (Å²) in [6.45, 7) is 7.97. The van der Waals surface area contributed by atoms with Crippen molar-refractivity contribution in [1.29, 1.82) is 0 Å². The lowest BCUT2D eigenvalue weighted by Crippen LogP contribution is -2.41. The molecule has 2 aliphatic rings. The Morgan fingerprint density at radius 2 is 1.67 bits per heavy atom. The van der Waals surface area contributed by atoms with E-state index in [0.29, 0.717) is 0 Å². The second-order valence-electron chi connectivity index (χ2n) is 7.07. The van der Waals surface area contributed by atoms with E-state index in [-0.39, 0.29) is 18.8 Å². The molecule has 0 atom stereocenters. The van der Waals surface area contributed by atoms with Crippen LogP contribution in [0.15, 0.2) is 18.3 Å². The minimum atomic E-state index is -2.52. The Hall–Kier alpha value is -1.01. The number of aromatic nitrogens is 1. The number of nitrogens with zero attached hydrogens (tertiary/aromatic N) is 1. The third-order valence-corrected chi connectivity index (χ3v) is 4.84. The van der Waals surface area contributed by atoms with Gasteiger partial charge in [-0.3, -0.25) is 4.98 Å². The van der Waals surface area contributed by atoms with E-state index in [0.717, 1.165) is 11.2 Å². The summed E-state index contributed by atoms with van der Waals surface area (Å²) in [4.78, 5) is 4.31. The second kappa shape index (κ2) is 4.49. The molecule has 3 nitrogen and oxygen atoms in total. The molecule has 0 unspecified atom stereocenters. The van der Waals surface area contributed by atoms with Crippen LogP contribution in [0.2, 0.25) is 0 Å². The highest BCUT2D eigenvalue weighted by Crippen LogP contribution is 2.47. The van der Waals surface area contributed by atoms with Crippen molar-refractivity contribution in [1.82, 2.24) is 4.98 Å². The maximum atomic E-state index is 12.9. The average Bonchev–Trinajstić information content (AvgIpc) is 2.56. The van der Waals surface area contributed by atoms with E-state index in [4.69, 9.17) is 9.31 Å². The number of hydrogen-bond donors (Lipinski definition) is 0. The Balaban J connectivity index is 1.71. The highest BCUT2D eigenvalue weighted by molar-refractivity contribution is 6.62. The van der Waals surface area contributed by atoms with E-state index in [1.165, 1.54) is 0 Å². The van der Waals surface area contributed by atoms with Gasteiger partial charge in [0.2, 0.25) is 5.92 Å². The summed E-state index contributed by atoms with van der Waals surface area (Å²) in [6.07, 6.45) is 1.47. The van der Waals surface area contributed by atoms with E-state index in [1.807, 2.05) is 33.8 Å². The van der Waals surface area contributed by atoms with Crippen molar-refractivity contribution in [2.45, 2.75) is 63.6 Å². The van der Waals surface area contributed by atoms with Crippen LogP contribution < -0.4 is 5.46 Å². The van der Waals surface area contributed by atoms with Crippen molar-refractivity contribution in [3.63, 3.8) is 0 Å². The number of hydrogen-bond acceptors (Lipinski definition) is 3. The fourth-order valence-electron chi connectivity index (χ4n) is 2.65. The summed E-state index contributed by atoms with van der Waals surface area (Å²) in [6, 6.07) is 3.67. The van der Waals surface area contributed by atoms with Crippen molar-refractivity contribution in [2.24, 2.45) is 0 Å². The van der Waals surface area contributed by atoms with Gasteiger partial charge in [0.25, 0.3) is 0 Å². The molecule has 0 amide bonds. The Labute approximate surface area is 124 Å². The molecule has 114 valence electrons. The molecule has 0 aromatic carbocycles. The fraction of sp³-hybridized carbons (Fsp3) is 0.667. The standard InChI is InChI=1S/C15H20BF2NO2/c1-13(2)14(3,4)21-16(20-13)11-5-6-12(19-9-11)10-7-15(17,18)8-10/h5-6,9-10H,7-8H2,1-4H3. The lowest BCUT2D eigenvalue weighted by Gasteiger charge is -2.34.